The van der Waals surface area contributed by atoms with Gasteiger partial charge in [0.15, 0.2) is 0 Å². The van der Waals surface area contributed by atoms with Gasteiger partial charge in [-0.15, -0.1) is 0 Å². The second kappa shape index (κ2) is 4.14. The molecule has 82 valence electrons. The van der Waals surface area contributed by atoms with Crippen LogP contribution < -0.4 is 5.32 Å². The van der Waals surface area contributed by atoms with Gasteiger partial charge >= 0.3 is 0 Å². The minimum atomic E-state index is -0.220. The summed E-state index contributed by atoms with van der Waals surface area (Å²) >= 11 is 0. The van der Waals surface area contributed by atoms with Gasteiger partial charge in [0, 0.05) is 18.1 Å². The Kier molecular flexibility index (Phi) is 2.68. The highest BCUT2D eigenvalue weighted by Gasteiger charge is 2.17. The third-order valence-electron chi connectivity index (χ3n) is 2.20. The summed E-state index contributed by atoms with van der Waals surface area (Å²) in [6.45, 7) is 3.44. The lowest BCUT2D eigenvalue weighted by Gasteiger charge is -2.03. The number of carbonyl (C=O) groups excluding carboxylic acids is 1. The predicted molar refractivity (Wildman–Crippen MR) is 58.2 cm³/mol. The molecule has 2 aromatic heterocycles. The van der Waals surface area contributed by atoms with E-state index in [0.717, 1.165) is 0 Å². The summed E-state index contributed by atoms with van der Waals surface area (Å²) in [6.07, 6.45) is 3.23. The van der Waals surface area contributed by atoms with Gasteiger partial charge in [0.25, 0.3) is 5.91 Å². The number of nitrogens with one attached hydrogen (secondary N) is 1. The van der Waals surface area contributed by atoms with E-state index in [4.69, 9.17) is 4.52 Å². The fourth-order valence-electron chi connectivity index (χ4n) is 1.44. The SMILES string of the molecule is Cc1noc(C)c1C(=O)Nc1ccncc1. The topological polar surface area (TPSA) is 68.0 Å². The van der Waals surface area contributed by atoms with Crippen LogP contribution in [-0.4, -0.2) is 16.0 Å². The average molecular weight is 217 g/mol. The van der Waals surface area contributed by atoms with Gasteiger partial charge in [0.1, 0.15) is 11.3 Å². The Labute approximate surface area is 92.5 Å². The molecule has 0 fully saturated rings. The molecule has 0 bridgehead atoms. The number of hydrogen-bond donors (Lipinski definition) is 1. The quantitative estimate of drug-likeness (QED) is 0.834. The number of aryl methyl sites for hydroxylation is 2. The van der Waals surface area contributed by atoms with Crippen LogP contribution in [0.15, 0.2) is 29.0 Å². The average Bonchev–Trinajstić information content (AvgIpc) is 2.60. The molecule has 0 unspecified atom stereocenters. The summed E-state index contributed by atoms with van der Waals surface area (Å²) in [5, 5.41) is 6.48. The number of amides is 1. The first-order valence-corrected chi connectivity index (χ1v) is 4.82. The number of aromatic nitrogens is 2. The minimum absolute atomic E-state index is 0.220. The number of pyridine rings is 1. The molecule has 0 aromatic carbocycles. The second-order valence-electron chi connectivity index (χ2n) is 3.39. The predicted octanol–water partition coefficient (Wildman–Crippen LogP) is 1.94. The number of hydrogen-bond acceptors (Lipinski definition) is 4. The fourth-order valence-corrected chi connectivity index (χ4v) is 1.44. The van der Waals surface area contributed by atoms with Crippen molar-refractivity contribution in [2.75, 3.05) is 5.32 Å². The second-order valence-corrected chi connectivity index (χ2v) is 3.39. The molecule has 0 aliphatic heterocycles. The zero-order valence-electron chi connectivity index (χ0n) is 9.02. The highest BCUT2D eigenvalue weighted by atomic mass is 16.5. The van der Waals surface area contributed by atoms with Crippen molar-refractivity contribution in [3.63, 3.8) is 0 Å². The summed E-state index contributed by atoms with van der Waals surface area (Å²) < 4.78 is 4.93. The monoisotopic (exact) mass is 217 g/mol. The van der Waals surface area contributed by atoms with E-state index < -0.39 is 0 Å². The molecule has 0 saturated carbocycles. The maximum absolute atomic E-state index is 11.9. The van der Waals surface area contributed by atoms with E-state index >= 15 is 0 Å². The largest absolute Gasteiger partial charge is 0.361 e. The molecule has 0 spiro atoms. The van der Waals surface area contributed by atoms with Crippen molar-refractivity contribution in [3.05, 3.63) is 41.5 Å². The van der Waals surface area contributed by atoms with Crippen LogP contribution in [0.5, 0.6) is 0 Å². The van der Waals surface area contributed by atoms with Gasteiger partial charge in [-0.2, -0.15) is 0 Å². The zero-order chi connectivity index (χ0) is 11.5. The Morgan fingerprint density at radius 3 is 2.56 bits per heavy atom. The van der Waals surface area contributed by atoms with Crippen molar-refractivity contribution >= 4 is 11.6 Å². The normalized spacial score (nSPS) is 10.1. The Morgan fingerprint density at radius 2 is 2.00 bits per heavy atom. The summed E-state index contributed by atoms with van der Waals surface area (Å²) in [5.74, 6) is 0.298. The molecule has 0 radical (unpaired) electrons. The number of nitrogens with zero attached hydrogens (tertiary/aromatic N) is 2. The van der Waals surface area contributed by atoms with Crippen LogP contribution >= 0.6 is 0 Å². The van der Waals surface area contributed by atoms with Gasteiger partial charge in [0.2, 0.25) is 0 Å². The Bertz CT molecular complexity index is 486. The Hall–Kier alpha value is -2.17. The van der Waals surface area contributed by atoms with Crippen LogP contribution in [0.3, 0.4) is 0 Å². The van der Waals surface area contributed by atoms with Crippen LogP contribution in [0, 0.1) is 13.8 Å². The van der Waals surface area contributed by atoms with Crippen LogP contribution in [-0.2, 0) is 0 Å². The van der Waals surface area contributed by atoms with Crippen molar-refractivity contribution < 1.29 is 9.32 Å². The first-order chi connectivity index (χ1) is 7.68. The van der Waals surface area contributed by atoms with Gasteiger partial charge < -0.3 is 9.84 Å². The Morgan fingerprint density at radius 1 is 1.31 bits per heavy atom. The summed E-state index contributed by atoms with van der Waals surface area (Å²) in [7, 11) is 0. The number of rotatable bonds is 2. The molecular weight excluding hydrogens is 206 g/mol. The molecule has 0 aliphatic carbocycles. The van der Waals surface area contributed by atoms with E-state index in [1.54, 1.807) is 38.4 Å². The first kappa shape index (κ1) is 10.4. The lowest BCUT2D eigenvalue weighted by Crippen LogP contribution is -2.13. The Balaban J connectivity index is 2.22. The molecule has 5 nitrogen and oxygen atoms in total. The summed E-state index contributed by atoms with van der Waals surface area (Å²) in [6, 6.07) is 3.44. The molecule has 5 heteroatoms. The van der Waals surface area contributed by atoms with Crippen LogP contribution in [0.2, 0.25) is 0 Å². The van der Waals surface area contributed by atoms with E-state index in [9.17, 15) is 4.79 Å². The smallest absolute Gasteiger partial charge is 0.261 e. The summed E-state index contributed by atoms with van der Waals surface area (Å²) in [4.78, 5) is 15.8. The lowest BCUT2D eigenvalue weighted by molar-refractivity contribution is 0.102. The lowest BCUT2D eigenvalue weighted by atomic mass is 10.2. The van der Waals surface area contributed by atoms with E-state index in [2.05, 4.69) is 15.5 Å². The van der Waals surface area contributed by atoms with Crippen molar-refractivity contribution in [2.45, 2.75) is 13.8 Å². The van der Waals surface area contributed by atoms with E-state index in [-0.39, 0.29) is 5.91 Å². The van der Waals surface area contributed by atoms with Gasteiger partial charge in [0.05, 0.1) is 5.69 Å². The van der Waals surface area contributed by atoms with Gasteiger partial charge in [-0.3, -0.25) is 9.78 Å². The molecular formula is C11H11N3O2. The van der Waals surface area contributed by atoms with Gasteiger partial charge in [-0.05, 0) is 26.0 Å². The molecule has 2 aromatic rings. The van der Waals surface area contributed by atoms with Crippen molar-refractivity contribution in [1.82, 2.24) is 10.1 Å². The highest BCUT2D eigenvalue weighted by Crippen LogP contribution is 2.14. The van der Waals surface area contributed by atoms with Gasteiger partial charge in [-0.25, -0.2) is 0 Å². The van der Waals surface area contributed by atoms with E-state index in [1.807, 2.05) is 0 Å². The van der Waals surface area contributed by atoms with Crippen molar-refractivity contribution in [3.8, 4) is 0 Å². The van der Waals surface area contributed by atoms with Crippen molar-refractivity contribution in [1.29, 1.82) is 0 Å². The standard InChI is InChI=1S/C11H11N3O2/c1-7-10(8(2)16-14-7)11(15)13-9-3-5-12-6-4-9/h3-6H,1-2H3,(H,12,13,15). The molecule has 16 heavy (non-hydrogen) atoms. The third kappa shape index (κ3) is 1.93. The zero-order valence-corrected chi connectivity index (χ0v) is 9.02. The van der Waals surface area contributed by atoms with E-state index in [1.165, 1.54) is 0 Å². The molecule has 1 amide bonds. The van der Waals surface area contributed by atoms with Gasteiger partial charge in [-0.1, -0.05) is 5.16 Å². The highest BCUT2D eigenvalue weighted by molar-refractivity contribution is 6.05. The molecule has 2 heterocycles. The van der Waals surface area contributed by atoms with Crippen LogP contribution in [0.4, 0.5) is 5.69 Å². The summed E-state index contributed by atoms with van der Waals surface area (Å²) in [5.41, 5.74) is 1.76. The third-order valence-corrected chi connectivity index (χ3v) is 2.20. The first-order valence-electron chi connectivity index (χ1n) is 4.82. The van der Waals surface area contributed by atoms with Crippen LogP contribution in [0.1, 0.15) is 21.8 Å². The minimum Gasteiger partial charge on any atom is -0.361 e. The number of anilines is 1. The molecule has 0 aliphatic rings. The van der Waals surface area contributed by atoms with Crippen molar-refractivity contribution in [2.24, 2.45) is 0 Å². The maximum atomic E-state index is 11.9. The maximum Gasteiger partial charge on any atom is 0.261 e. The molecule has 2 rings (SSSR count). The fraction of sp³-hybridized carbons (Fsp3) is 0.182. The molecule has 0 atom stereocenters. The molecule has 0 saturated heterocycles. The number of carbonyl (C=O) groups is 1. The van der Waals surface area contributed by atoms with E-state index in [0.29, 0.717) is 22.7 Å². The van der Waals surface area contributed by atoms with Crippen LogP contribution in [0.25, 0.3) is 0 Å². The molecule has 1 N–H and O–H groups in total.